The van der Waals surface area contributed by atoms with E-state index >= 15 is 0 Å². The standard InChI is InChI=1S/C16H26IN3S/c1-3-8-13-15(17)16(18-4-2)20-14(19-13)11-21-12-9-6-5-7-10-12/h12H,3-11H2,1-2H3,(H,18,19,20). The van der Waals surface area contributed by atoms with Crippen LogP contribution in [0.4, 0.5) is 5.82 Å². The number of hydrogen-bond donors (Lipinski definition) is 1. The highest BCUT2D eigenvalue weighted by Gasteiger charge is 2.16. The number of rotatable bonds is 7. The molecule has 0 amide bonds. The van der Waals surface area contributed by atoms with Crippen molar-refractivity contribution < 1.29 is 0 Å². The Morgan fingerprint density at radius 3 is 2.62 bits per heavy atom. The minimum atomic E-state index is 0.818. The lowest BCUT2D eigenvalue weighted by atomic mass is 10.0. The van der Waals surface area contributed by atoms with Crippen LogP contribution in [0.1, 0.15) is 63.9 Å². The summed E-state index contributed by atoms with van der Waals surface area (Å²) in [6.07, 6.45) is 9.13. The largest absolute Gasteiger partial charge is 0.369 e. The minimum Gasteiger partial charge on any atom is -0.369 e. The van der Waals surface area contributed by atoms with Crippen molar-refractivity contribution >= 4 is 40.2 Å². The van der Waals surface area contributed by atoms with Crippen molar-refractivity contribution in [2.45, 2.75) is 69.8 Å². The van der Waals surface area contributed by atoms with Crippen molar-refractivity contribution in [3.63, 3.8) is 0 Å². The molecule has 0 spiro atoms. The first-order chi connectivity index (χ1) is 10.2. The molecular weight excluding hydrogens is 393 g/mol. The quantitative estimate of drug-likeness (QED) is 0.629. The number of nitrogens with one attached hydrogen (secondary N) is 1. The molecule has 1 fully saturated rings. The molecule has 118 valence electrons. The van der Waals surface area contributed by atoms with Gasteiger partial charge < -0.3 is 5.32 Å². The fraction of sp³-hybridized carbons (Fsp3) is 0.750. The molecule has 1 aromatic rings. The van der Waals surface area contributed by atoms with Gasteiger partial charge in [-0.3, -0.25) is 0 Å². The van der Waals surface area contributed by atoms with Crippen LogP contribution in [0.25, 0.3) is 0 Å². The molecule has 0 bridgehead atoms. The molecule has 1 aromatic heterocycles. The van der Waals surface area contributed by atoms with Crippen LogP contribution in [0.15, 0.2) is 0 Å². The van der Waals surface area contributed by atoms with Crippen molar-refractivity contribution in [1.29, 1.82) is 0 Å². The van der Waals surface area contributed by atoms with Crippen molar-refractivity contribution in [3.8, 4) is 0 Å². The first-order valence-corrected chi connectivity index (χ1v) is 10.3. The molecule has 1 saturated carbocycles. The van der Waals surface area contributed by atoms with Crippen LogP contribution in [0.2, 0.25) is 0 Å². The molecule has 0 aliphatic heterocycles. The van der Waals surface area contributed by atoms with Gasteiger partial charge in [-0.25, -0.2) is 9.97 Å². The lowest BCUT2D eigenvalue weighted by Crippen LogP contribution is -2.12. The van der Waals surface area contributed by atoms with Gasteiger partial charge in [0.25, 0.3) is 0 Å². The molecule has 5 heteroatoms. The number of aromatic nitrogens is 2. The van der Waals surface area contributed by atoms with Crippen LogP contribution in [0, 0.1) is 3.57 Å². The molecule has 3 nitrogen and oxygen atoms in total. The molecule has 0 saturated heterocycles. The van der Waals surface area contributed by atoms with Gasteiger partial charge in [-0.15, -0.1) is 0 Å². The van der Waals surface area contributed by atoms with Crippen molar-refractivity contribution in [3.05, 3.63) is 15.1 Å². The smallest absolute Gasteiger partial charge is 0.143 e. The number of thioether (sulfide) groups is 1. The van der Waals surface area contributed by atoms with E-state index in [4.69, 9.17) is 9.97 Å². The summed E-state index contributed by atoms with van der Waals surface area (Å²) in [6, 6.07) is 0. The van der Waals surface area contributed by atoms with Gasteiger partial charge in [0.2, 0.25) is 0 Å². The van der Waals surface area contributed by atoms with Gasteiger partial charge in [0.1, 0.15) is 11.6 Å². The number of halogens is 1. The second-order valence-corrected chi connectivity index (χ2v) is 7.97. The van der Waals surface area contributed by atoms with Gasteiger partial charge >= 0.3 is 0 Å². The van der Waals surface area contributed by atoms with Crippen LogP contribution >= 0.6 is 34.4 Å². The molecule has 0 aromatic carbocycles. The van der Waals surface area contributed by atoms with E-state index in [2.05, 4.69) is 53.5 Å². The van der Waals surface area contributed by atoms with Gasteiger partial charge in [0.05, 0.1) is 15.0 Å². The van der Waals surface area contributed by atoms with E-state index in [9.17, 15) is 0 Å². The first kappa shape index (κ1) is 17.3. The summed E-state index contributed by atoms with van der Waals surface area (Å²) in [4.78, 5) is 9.55. The molecule has 21 heavy (non-hydrogen) atoms. The fourth-order valence-corrected chi connectivity index (χ4v) is 4.60. The highest BCUT2D eigenvalue weighted by molar-refractivity contribution is 14.1. The van der Waals surface area contributed by atoms with Crippen LogP contribution in [0.3, 0.4) is 0 Å². The SMILES string of the molecule is CCCc1nc(CSC2CCCCC2)nc(NCC)c1I. The lowest BCUT2D eigenvalue weighted by Gasteiger charge is -2.21. The van der Waals surface area contributed by atoms with Gasteiger partial charge in [-0.2, -0.15) is 11.8 Å². The van der Waals surface area contributed by atoms with Crippen molar-refractivity contribution in [1.82, 2.24) is 9.97 Å². The Morgan fingerprint density at radius 2 is 1.95 bits per heavy atom. The molecule has 0 radical (unpaired) electrons. The van der Waals surface area contributed by atoms with Crippen LogP contribution in [0.5, 0.6) is 0 Å². The normalized spacial score (nSPS) is 16.1. The molecule has 1 N–H and O–H groups in total. The maximum Gasteiger partial charge on any atom is 0.143 e. The highest BCUT2D eigenvalue weighted by Crippen LogP contribution is 2.30. The van der Waals surface area contributed by atoms with Gasteiger partial charge in [0.15, 0.2) is 0 Å². The molecule has 1 heterocycles. The summed E-state index contributed by atoms with van der Waals surface area (Å²) in [6.45, 7) is 5.24. The Bertz CT molecular complexity index is 420. The number of aryl methyl sites for hydroxylation is 1. The van der Waals surface area contributed by atoms with Crippen LogP contribution in [-0.2, 0) is 12.2 Å². The Balaban J connectivity index is 2.06. The Hall–Kier alpha value is -0.0400. The van der Waals surface area contributed by atoms with Gasteiger partial charge in [0, 0.05) is 11.8 Å². The average Bonchev–Trinajstić information content (AvgIpc) is 2.51. The number of hydrogen-bond acceptors (Lipinski definition) is 4. The van der Waals surface area contributed by atoms with Gasteiger partial charge in [-0.1, -0.05) is 32.6 Å². The van der Waals surface area contributed by atoms with Crippen LogP contribution in [-0.4, -0.2) is 21.8 Å². The highest BCUT2D eigenvalue weighted by atomic mass is 127. The monoisotopic (exact) mass is 419 g/mol. The zero-order valence-electron chi connectivity index (χ0n) is 13.1. The molecule has 0 atom stereocenters. The van der Waals surface area contributed by atoms with E-state index in [0.29, 0.717) is 0 Å². The lowest BCUT2D eigenvalue weighted by molar-refractivity contribution is 0.516. The fourth-order valence-electron chi connectivity index (χ4n) is 2.72. The van der Waals surface area contributed by atoms with Gasteiger partial charge in [-0.05, 0) is 48.8 Å². The maximum absolute atomic E-state index is 4.81. The molecule has 1 aliphatic rings. The summed E-state index contributed by atoms with van der Waals surface area (Å²) in [5.41, 5.74) is 1.21. The van der Waals surface area contributed by atoms with E-state index in [1.54, 1.807) is 0 Å². The zero-order chi connectivity index (χ0) is 15.1. The third-order valence-corrected chi connectivity index (χ3v) is 6.30. The number of nitrogens with zero attached hydrogens (tertiary/aromatic N) is 2. The second-order valence-electron chi connectivity index (χ2n) is 5.60. The van der Waals surface area contributed by atoms with E-state index in [-0.39, 0.29) is 0 Å². The predicted octanol–water partition coefficient (Wildman–Crippen LogP) is 5.03. The first-order valence-electron chi connectivity index (χ1n) is 8.15. The third-order valence-electron chi connectivity index (χ3n) is 3.80. The molecule has 0 unspecified atom stereocenters. The summed E-state index contributed by atoms with van der Waals surface area (Å²) < 4.78 is 1.20. The topological polar surface area (TPSA) is 37.8 Å². The summed E-state index contributed by atoms with van der Waals surface area (Å²) in [5, 5.41) is 4.20. The molecule has 2 rings (SSSR count). The molecular formula is C16H26IN3S. The summed E-state index contributed by atoms with van der Waals surface area (Å²) in [5.74, 6) is 2.98. The van der Waals surface area contributed by atoms with Crippen molar-refractivity contribution in [2.75, 3.05) is 11.9 Å². The van der Waals surface area contributed by atoms with E-state index in [0.717, 1.165) is 42.0 Å². The minimum absolute atomic E-state index is 0.818. The van der Waals surface area contributed by atoms with Crippen LogP contribution < -0.4 is 5.32 Å². The second kappa shape index (κ2) is 9.18. The number of anilines is 1. The van der Waals surface area contributed by atoms with E-state index < -0.39 is 0 Å². The zero-order valence-corrected chi connectivity index (χ0v) is 16.1. The summed E-state index contributed by atoms with van der Waals surface area (Å²) >= 11 is 4.44. The Kier molecular flexibility index (Phi) is 7.57. The summed E-state index contributed by atoms with van der Waals surface area (Å²) in [7, 11) is 0. The third kappa shape index (κ3) is 5.27. The molecule has 1 aliphatic carbocycles. The predicted molar refractivity (Wildman–Crippen MR) is 101 cm³/mol. The van der Waals surface area contributed by atoms with Crippen molar-refractivity contribution in [2.24, 2.45) is 0 Å². The van der Waals surface area contributed by atoms with E-state index in [1.165, 1.54) is 41.4 Å². The Labute approximate surface area is 146 Å². The maximum atomic E-state index is 4.81. The van der Waals surface area contributed by atoms with E-state index in [1.807, 2.05) is 0 Å². The average molecular weight is 419 g/mol. The Morgan fingerprint density at radius 1 is 1.19 bits per heavy atom.